The van der Waals surface area contributed by atoms with Crippen LogP contribution in [0, 0.1) is 0 Å². The zero-order valence-corrected chi connectivity index (χ0v) is 17.8. The summed E-state index contributed by atoms with van der Waals surface area (Å²) in [6.45, 7) is 0.567. The lowest BCUT2D eigenvalue weighted by Crippen LogP contribution is -2.39. The highest BCUT2D eigenvalue weighted by atomic mass is 35.5. The van der Waals surface area contributed by atoms with E-state index < -0.39 is 0 Å². The van der Waals surface area contributed by atoms with E-state index in [4.69, 9.17) is 16.1 Å². The van der Waals surface area contributed by atoms with Gasteiger partial charge < -0.3 is 14.0 Å². The highest BCUT2D eigenvalue weighted by Crippen LogP contribution is 2.27. The second kappa shape index (κ2) is 8.43. The molecule has 2 aromatic carbocycles. The van der Waals surface area contributed by atoms with E-state index in [9.17, 15) is 9.59 Å². The molecule has 2 aromatic heterocycles. The van der Waals surface area contributed by atoms with Crippen LogP contribution in [0.1, 0.15) is 12.0 Å². The second-order valence-electron chi connectivity index (χ2n) is 7.56. The zero-order chi connectivity index (χ0) is 22.1. The van der Waals surface area contributed by atoms with Crippen LogP contribution in [0.15, 0.2) is 76.2 Å². The van der Waals surface area contributed by atoms with Gasteiger partial charge in [-0.25, -0.2) is 0 Å². The van der Waals surface area contributed by atoms with Gasteiger partial charge in [-0.05, 0) is 60.9 Å². The summed E-state index contributed by atoms with van der Waals surface area (Å²) in [6.07, 6.45) is 3.44. The maximum Gasteiger partial charge on any atom is 0.263 e. The van der Waals surface area contributed by atoms with E-state index in [0.29, 0.717) is 17.4 Å². The number of amides is 1. The molecule has 0 saturated heterocycles. The molecule has 5 rings (SSSR count). The first kappa shape index (κ1) is 20.2. The Morgan fingerprint density at radius 1 is 1.06 bits per heavy atom. The lowest BCUT2D eigenvalue weighted by molar-refractivity contribution is -0.119. The minimum absolute atomic E-state index is 0.0703. The third kappa shape index (κ3) is 3.83. The Balaban J connectivity index is 1.41. The number of carbonyl (C=O) groups is 1. The molecule has 0 unspecified atom stereocenters. The van der Waals surface area contributed by atoms with E-state index in [1.54, 1.807) is 47.5 Å². The third-order valence-electron chi connectivity index (χ3n) is 5.50. The number of benzene rings is 2. The van der Waals surface area contributed by atoms with Crippen molar-refractivity contribution in [1.82, 2.24) is 14.7 Å². The number of aryl methyl sites for hydroxylation is 1. The third-order valence-corrected chi connectivity index (χ3v) is 5.75. The van der Waals surface area contributed by atoms with Gasteiger partial charge in [0.15, 0.2) is 0 Å². The van der Waals surface area contributed by atoms with Crippen LogP contribution in [0.3, 0.4) is 0 Å². The number of hydrogen-bond donors (Lipinski definition) is 0. The SMILES string of the molecule is O=C(Cn1cccc(-c2nc(-c3ccc(Cl)cc3)no2)c1=O)N1CCCc2ccccc21. The lowest BCUT2D eigenvalue weighted by Gasteiger charge is -2.29. The number of carbonyl (C=O) groups excluding carboxylic acids is 1. The molecule has 32 heavy (non-hydrogen) atoms. The van der Waals surface area contributed by atoms with Crippen LogP contribution in [-0.4, -0.2) is 27.2 Å². The number of pyridine rings is 1. The Kier molecular flexibility index (Phi) is 5.33. The fourth-order valence-electron chi connectivity index (χ4n) is 3.90. The quantitative estimate of drug-likeness (QED) is 0.469. The molecule has 0 aliphatic carbocycles. The fraction of sp³-hybridized carbons (Fsp3) is 0.167. The topological polar surface area (TPSA) is 81.2 Å². The first-order chi connectivity index (χ1) is 15.6. The molecular formula is C24H19ClN4O3. The van der Waals surface area contributed by atoms with Gasteiger partial charge in [-0.1, -0.05) is 35.0 Å². The van der Waals surface area contributed by atoms with Gasteiger partial charge in [0, 0.05) is 29.0 Å². The Hall–Kier alpha value is -3.71. The van der Waals surface area contributed by atoms with Crippen LogP contribution in [0.5, 0.6) is 0 Å². The standard InChI is InChI=1S/C24H19ClN4O3/c25-18-11-9-17(10-12-18)22-26-23(32-27-22)19-7-4-13-28(24(19)31)15-21(30)29-14-3-6-16-5-1-2-8-20(16)29/h1-2,4-5,7-13H,3,6,14-15H2. The molecule has 0 spiro atoms. The highest BCUT2D eigenvalue weighted by molar-refractivity contribution is 6.30. The van der Waals surface area contributed by atoms with E-state index in [0.717, 1.165) is 29.7 Å². The van der Waals surface area contributed by atoms with Gasteiger partial charge in [0.2, 0.25) is 11.7 Å². The number of fused-ring (bicyclic) bond motifs is 1. The van der Waals surface area contributed by atoms with E-state index >= 15 is 0 Å². The first-order valence-corrected chi connectivity index (χ1v) is 10.7. The molecule has 0 saturated carbocycles. The summed E-state index contributed by atoms with van der Waals surface area (Å²) in [5.74, 6) is 0.321. The van der Waals surface area contributed by atoms with Crippen molar-refractivity contribution in [3.05, 3.63) is 87.8 Å². The largest absolute Gasteiger partial charge is 0.333 e. The van der Waals surface area contributed by atoms with E-state index in [-0.39, 0.29) is 29.5 Å². The summed E-state index contributed by atoms with van der Waals surface area (Å²) in [5, 5.41) is 4.57. The first-order valence-electron chi connectivity index (χ1n) is 10.3. The molecule has 0 radical (unpaired) electrons. The smallest absolute Gasteiger partial charge is 0.263 e. The van der Waals surface area contributed by atoms with Gasteiger partial charge in [0.25, 0.3) is 11.4 Å². The average molecular weight is 447 g/mol. The normalized spacial score (nSPS) is 13.1. The van der Waals surface area contributed by atoms with Gasteiger partial charge in [-0.3, -0.25) is 9.59 Å². The predicted octanol–water partition coefficient (Wildman–Crippen LogP) is 4.20. The number of halogens is 1. The molecule has 7 nitrogen and oxygen atoms in total. The fourth-order valence-corrected chi connectivity index (χ4v) is 4.02. The van der Waals surface area contributed by atoms with Crippen LogP contribution in [0.25, 0.3) is 22.8 Å². The molecule has 4 aromatic rings. The highest BCUT2D eigenvalue weighted by Gasteiger charge is 2.23. The van der Waals surface area contributed by atoms with Crippen LogP contribution >= 0.6 is 11.6 Å². The molecule has 0 atom stereocenters. The minimum Gasteiger partial charge on any atom is -0.333 e. The van der Waals surface area contributed by atoms with Crippen molar-refractivity contribution in [1.29, 1.82) is 0 Å². The molecule has 1 amide bonds. The molecule has 3 heterocycles. The van der Waals surface area contributed by atoms with Gasteiger partial charge in [0.05, 0.1) is 0 Å². The predicted molar refractivity (Wildman–Crippen MR) is 122 cm³/mol. The van der Waals surface area contributed by atoms with Crippen molar-refractivity contribution in [2.75, 3.05) is 11.4 Å². The number of hydrogen-bond acceptors (Lipinski definition) is 5. The Bertz CT molecular complexity index is 1340. The maximum atomic E-state index is 13.1. The zero-order valence-electron chi connectivity index (χ0n) is 17.1. The molecule has 0 fully saturated rings. The van der Waals surface area contributed by atoms with Gasteiger partial charge >= 0.3 is 0 Å². The lowest BCUT2D eigenvalue weighted by atomic mass is 10.0. The van der Waals surface area contributed by atoms with Crippen molar-refractivity contribution in [2.24, 2.45) is 0 Å². The van der Waals surface area contributed by atoms with E-state index in [2.05, 4.69) is 10.1 Å². The van der Waals surface area contributed by atoms with Gasteiger partial charge in [-0.15, -0.1) is 0 Å². The summed E-state index contributed by atoms with van der Waals surface area (Å²) >= 11 is 5.92. The maximum absolute atomic E-state index is 13.1. The van der Waals surface area contributed by atoms with Crippen LogP contribution < -0.4 is 10.5 Å². The Morgan fingerprint density at radius 2 is 1.88 bits per heavy atom. The van der Waals surface area contributed by atoms with Crippen molar-refractivity contribution < 1.29 is 9.32 Å². The molecule has 8 heteroatoms. The second-order valence-corrected chi connectivity index (χ2v) is 8.00. The number of nitrogens with zero attached hydrogens (tertiary/aromatic N) is 4. The van der Waals surface area contributed by atoms with Crippen molar-refractivity contribution in [2.45, 2.75) is 19.4 Å². The number of aromatic nitrogens is 3. The summed E-state index contributed by atoms with van der Waals surface area (Å²) in [5.41, 5.74) is 2.66. The molecule has 160 valence electrons. The monoisotopic (exact) mass is 446 g/mol. The van der Waals surface area contributed by atoms with E-state index in [1.807, 2.05) is 24.3 Å². The van der Waals surface area contributed by atoms with Gasteiger partial charge in [0.1, 0.15) is 12.1 Å². The molecule has 1 aliphatic heterocycles. The van der Waals surface area contributed by atoms with Crippen LogP contribution in [0.2, 0.25) is 5.02 Å². The molecule has 1 aliphatic rings. The molecule has 0 N–H and O–H groups in total. The Morgan fingerprint density at radius 3 is 2.72 bits per heavy atom. The van der Waals surface area contributed by atoms with Gasteiger partial charge in [-0.2, -0.15) is 4.98 Å². The summed E-state index contributed by atoms with van der Waals surface area (Å²) < 4.78 is 6.71. The summed E-state index contributed by atoms with van der Waals surface area (Å²) in [4.78, 5) is 32.2. The van der Waals surface area contributed by atoms with Crippen LogP contribution in [-0.2, 0) is 17.8 Å². The average Bonchev–Trinajstić information content (AvgIpc) is 3.30. The number of rotatable bonds is 4. The van der Waals surface area contributed by atoms with E-state index in [1.165, 1.54) is 4.57 Å². The minimum atomic E-state index is -0.363. The molecular weight excluding hydrogens is 428 g/mol. The number of para-hydroxylation sites is 1. The Labute approximate surface area is 188 Å². The number of anilines is 1. The summed E-state index contributed by atoms with van der Waals surface area (Å²) in [6, 6.07) is 18.2. The summed E-state index contributed by atoms with van der Waals surface area (Å²) in [7, 11) is 0. The molecule has 0 bridgehead atoms. The van der Waals surface area contributed by atoms with Crippen molar-refractivity contribution >= 4 is 23.2 Å². The van der Waals surface area contributed by atoms with Crippen molar-refractivity contribution in [3.8, 4) is 22.8 Å². The van der Waals surface area contributed by atoms with Crippen molar-refractivity contribution in [3.63, 3.8) is 0 Å². The van der Waals surface area contributed by atoms with Crippen LogP contribution in [0.4, 0.5) is 5.69 Å².